The van der Waals surface area contributed by atoms with Crippen LogP contribution in [-0.4, -0.2) is 0 Å². The molecule has 0 saturated heterocycles. The van der Waals surface area contributed by atoms with Gasteiger partial charge in [-0.15, -0.1) is 0 Å². The monoisotopic (exact) mass is 311 g/mol. The Balaban J connectivity index is 2.62. The molecule has 2 heteroatoms. The molecule has 0 bridgehead atoms. The topological polar surface area (TPSA) is 26.0 Å². The molecule has 0 heterocycles. The third-order valence-electron chi connectivity index (χ3n) is 3.75. The number of rotatable bonds is 7. The van der Waals surface area contributed by atoms with E-state index in [-0.39, 0.29) is 6.04 Å². The number of unbranched alkanes of at least 4 members (excludes halogenated alkanes) is 1. The van der Waals surface area contributed by atoms with E-state index < -0.39 is 0 Å². The van der Waals surface area contributed by atoms with E-state index in [2.05, 4.69) is 54.9 Å². The van der Waals surface area contributed by atoms with E-state index in [1.807, 2.05) is 0 Å². The summed E-state index contributed by atoms with van der Waals surface area (Å²) < 4.78 is 1.16. The van der Waals surface area contributed by atoms with Crippen LogP contribution in [0.2, 0.25) is 0 Å². The molecular formula is C16H26BrN. The predicted molar refractivity (Wildman–Crippen MR) is 83.7 cm³/mol. The summed E-state index contributed by atoms with van der Waals surface area (Å²) in [6.45, 7) is 6.64. The first-order chi connectivity index (χ1) is 8.58. The number of nitrogens with two attached hydrogens (primary N) is 1. The molecule has 102 valence electrons. The van der Waals surface area contributed by atoms with Crippen molar-refractivity contribution in [2.45, 2.75) is 58.9 Å². The first kappa shape index (κ1) is 15.7. The van der Waals surface area contributed by atoms with E-state index in [0.29, 0.717) is 0 Å². The Labute approximate surface area is 120 Å². The van der Waals surface area contributed by atoms with Gasteiger partial charge in [-0.2, -0.15) is 0 Å². The molecule has 0 fully saturated rings. The third-order valence-corrected chi connectivity index (χ3v) is 4.61. The fourth-order valence-electron chi connectivity index (χ4n) is 2.32. The lowest BCUT2D eigenvalue weighted by molar-refractivity contribution is 0.388. The van der Waals surface area contributed by atoms with Gasteiger partial charge in [0.2, 0.25) is 0 Å². The van der Waals surface area contributed by atoms with Crippen LogP contribution in [0.25, 0.3) is 0 Å². The van der Waals surface area contributed by atoms with Gasteiger partial charge >= 0.3 is 0 Å². The minimum atomic E-state index is 0.170. The van der Waals surface area contributed by atoms with Gasteiger partial charge < -0.3 is 5.73 Å². The summed E-state index contributed by atoms with van der Waals surface area (Å²) in [5, 5.41) is 0. The molecule has 0 aliphatic heterocycles. The maximum Gasteiger partial charge on any atom is 0.0297 e. The zero-order chi connectivity index (χ0) is 13.5. The summed E-state index contributed by atoms with van der Waals surface area (Å²) in [5.41, 5.74) is 8.86. The normalized spacial score (nSPS) is 14.5. The fraction of sp³-hybridized carbons (Fsp3) is 0.625. The highest BCUT2D eigenvalue weighted by molar-refractivity contribution is 9.10. The van der Waals surface area contributed by atoms with Crippen LogP contribution in [0, 0.1) is 12.8 Å². The SMILES string of the molecule is CCCCC(CC)CC(N)c1ccc(C)c(Br)c1. The zero-order valence-electron chi connectivity index (χ0n) is 11.9. The quantitative estimate of drug-likeness (QED) is 0.720. The van der Waals surface area contributed by atoms with Gasteiger partial charge in [-0.1, -0.05) is 67.6 Å². The molecule has 1 aromatic carbocycles. The molecular weight excluding hydrogens is 286 g/mol. The van der Waals surface area contributed by atoms with Gasteiger partial charge in [0, 0.05) is 10.5 Å². The maximum atomic E-state index is 6.34. The van der Waals surface area contributed by atoms with Crippen molar-refractivity contribution in [3.63, 3.8) is 0 Å². The number of halogens is 1. The van der Waals surface area contributed by atoms with Gasteiger partial charge in [-0.3, -0.25) is 0 Å². The Bertz CT molecular complexity index is 362. The van der Waals surface area contributed by atoms with Crippen molar-refractivity contribution >= 4 is 15.9 Å². The standard InChI is InChI=1S/C16H26BrN/c1-4-6-7-13(5-2)10-16(18)14-9-8-12(3)15(17)11-14/h8-9,11,13,16H,4-7,10,18H2,1-3H3. The van der Waals surface area contributed by atoms with E-state index in [1.165, 1.54) is 36.8 Å². The number of hydrogen-bond donors (Lipinski definition) is 1. The zero-order valence-corrected chi connectivity index (χ0v) is 13.5. The molecule has 0 aliphatic rings. The summed E-state index contributed by atoms with van der Waals surface area (Å²) in [7, 11) is 0. The Hall–Kier alpha value is -0.340. The second kappa shape index (κ2) is 7.96. The van der Waals surface area contributed by atoms with Crippen molar-refractivity contribution in [2.75, 3.05) is 0 Å². The van der Waals surface area contributed by atoms with Crippen LogP contribution in [0.1, 0.15) is 63.1 Å². The predicted octanol–water partition coefficient (Wildman–Crippen LogP) is 5.36. The van der Waals surface area contributed by atoms with E-state index >= 15 is 0 Å². The molecule has 1 aromatic rings. The molecule has 0 aromatic heterocycles. The molecule has 2 unspecified atom stereocenters. The maximum absolute atomic E-state index is 6.34. The lowest BCUT2D eigenvalue weighted by Crippen LogP contribution is -2.15. The molecule has 0 aliphatic carbocycles. The van der Waals surface area contributed by atoms with Crippen LogP contribution < -0.4 is 5.73 Å². The van der Waals surface area contributed by atoms with Crippen molar-refractivity contribution in [1.29, 1.82) is 0 Å². The van der Waals surface area contributed by atoms with Crippen LogP contribution in [0.3, 0.4) is 0 Å². The second-order valence-electron chi connectivity index (χ2n) is 5.27. The highest BCUT2D eigenvalue weighted by Crippen LogP contribution is 2.27. The minimum Gasteiger partial charge on any atom is -0.324 e. The van der Waals surface area contributed by atoms with Crippen molar-refractivity contribution in [1.82, 2.24) is 0 Å². The van der Waals surface area contributed by atoms with Gasteiger partial charge in [-0.05, 0) is 36.5 Å². The minimum absolute atomic E-state index is 0.170. The highest BCUT2D eigenvalue weighted by atomic mass is 79.9. The van der Waals surface area contributed by atoms with Crippen molar-refractivity contribution in [3.05, 3.63) is 33.8 Å². The lowest BCUT2D eigenvalue weighted by Gasteiger charge is -2.20. The fourth-order valence-corrected chi connectivity index (χ4v) is 2.71. The molecule has 0 radical (unpaired) electrons. The Morgan fingerprint density at radius 1 is 1.28 bits per heavy atom. The number of aryl methyl sites for hydroxylation is 1. The summed E-state index contributed by atoms with van der Waals surface area (Å²) in [5.74, 6) is 0.764. The van der Waals surface area contributed by atoms with Crippen LogP contribution in [0.4, 0.5) is 0 Å². The Kier molecular flexibility index (Phi) is 6.95. The summed E-state index contributed by atoms with van der Waals surface area (Å²) in [4.78, 5) is 0. The average Bonchev–Trinajstić information content (AvgIpc) is 2.37. The third kappa shape index (κ3) is 4.74. The largest absolute Gasteiger partial charge is 0.324 e. The van der Waals surface area contributed by atoms with Gasteiger partial charge in [0.15, 0.2) is 0 Å². The highest BCUT2D eigenvalue weighted by Gasteiger charge is 2.13. The average molecular weight is 312 g/mol. The van der Waals surface area contributed by atoms with Crippen LogP contribution in [0.5, 0.6) is 0 Å². The summed E-state index contributed by atoms with van der Waals surface area (Å²) >= 11 is 3.58. The van der Waals surface area contributed by atoms with Gasteiger partial charge in [-0.25, -0.2) is 0 Å². The Morgan fingerprint density at radius 2 is 2.00 bits per heavy atom. The van der Waals surface area contributed by atoms with E-state index in [0.717, 1.165) is 16.8 Å². The smallest absolute Gasteiger partial charge is 0.0297 e. The van der Waals surface area contributed by atoms with Crippen LogP contribution in [0.15, 0.2) is 22.7 Å². The molecule has 2 N–H and O–H groups in total. The van der Waals surface area contributed by atoms with E-state index in [1.54, 1.807) is 0 Å². The summed E-state index contributed by atoms with van der Waals surface area (Å²) in [6.07, 6.45) is 6.26. The first-order valence-electron chi connectivity index (χ1n) is 7.10. The van der Waals surface area contributed by atoms with Crippen LogP contribution in [-0.2, 0) is 0 Å². The van der Waals surface area contributed by atoms with Crippen LogP contribution >= 0.6 is 15.9 Å². The first-order valence-corrected chi connectivity index (χ1v) is 7.89. The van der Waals surface area contributed by atoms with Crippen molar-refractivity contribution in [3.8, 4) is 0 Å². The second-order valence-corrected chi connectivity index (χ2v) is 6.12. The summed E-state index contributed by atoms with van der Waals surface area (Å²) in [6, 6.07) is 6.65. The van der Waals surface area contributed by atoms with E-state index in [4.69, 9.17) is 5.73 Å². The van der Waals surface area contributed by atoms with Crippen molar-refractivity contribution < 1.29 is 0 Å². The van der Waals surface area contributed by atoms with Gasteiger partial charge in [0.25, 0.3) is 0 Å². The lowest BCUT2D eigenvalue weighted by atomic mass is 9.89. The molecule has 0 saturated carbocycles. The molecule has 1 nitrogen and oxygen atoms in total. The van der Waals surface area contributed by atoms with Gasteiger partial charge in [0.05, 0.1) is 0 Å². The molecule has 0 amide bonds. The van der Waals surface area contributed by atoms with Gasteiger partial charge in [0.1, 0.15) is 0 Å². The van der Waals surface area contributed by atoms with E-state index in [9.17, 15) is 0 Å². The molecule has 0 spiro atoms. The van der Waals surface area contributed by atoms with Crippen molar-refractivity contribution in [2.24, 2.45) is 11.7 Å². The number of benzene rings is 1. The number of hydrogen-bond acceptors (Lipinski definition) is 1. The molecule has 18 heavy (non-hydrogen) atoms. The molecule has 2 atom stereocenters. The molecule has 1 rings (SSSR count). The Morgan fingerprint density at radius 3 is 2.56 bits per heavy atom.